The van der Waals surface area contributed by atoms with E-state index in [1.54, 1.807) is 18.1 Å². The first-order valence-corrected chi connectivity index (χ1v) is 4.73. The van der Waals surface area contributed by atoms with Crippen molar-refractivity contribution < 1.29 is 4.79 Å². The largest absolute Gasteiger partial charge is 0.338 e. The molecule has 0 bridgehead atoms. The maximum Gasteiger partial charge on any atom is 0.225 e. The van der Waals surface area contributed by atoms with E-state index in [0.717, 1.165) is 5.82 Å². The number of carbonyl (C=O) groups excluding carboxylic acids is 1. The van der Waals surface area contributed by atoms with Gasteiger partial charge in [-0.1, -0.05) is 13.8 Å². The number of aryl methyl sites for hydroxylation is 1. The molecule has 1 amide bonds. The fourth-order valence-electron chi connectivity index (χ4n) is 1.28. The van der Waals surface area contributed by atoms with E-state index in [0.29, 0.717) is 6.54 Å². The Morgan fingerprint density at radius 2 is 2.29 bits per heavy atom. The Morgan fingerprint density at radius 1 is 1.64 bits per heavy atom. The smallest absolute Gasteiger partial charge is 0.225 e. The molecule has 1 heterocycles. The molecule has 0 atom stereocenters. The van der Waals surface area contributed by atoms with E-state index >= 15 is 0 Å². The molecule has 0 aliphatic rings. The number of imidazole rings is 1. The summed E-state index contributed by atoms with van der Waals surface area (Å²) in [6, 6.07) is 0. The van der Waals surface area contributed by atoms with Crippen LogP contribution in [0, 0.1) is 5.92 Å². The standard InChI is InChI=1S/C10H17N3O/c1-8(2)10(14)13(4)7-9-11-5-6-12(9)3/h5-6,8H,7H2,1-4H3. The summed E-state index contributed by atoms with van der Waals surface area (Å²) in [6.45, 7) is 4.37. The van der Waals surface area contributed by atoms with Crippen molar-refractivity contribution in [3.63, 3.8) is 0 Å². The molecule has 0 saturated carbocycles. The fourth-order valence-corrected chi connectivity index (χ4v) is 1.28. The Balaban J connectivity index is 2.62. The van der Waals surface area contributed by atoms with Crippen LogP contribution in [-0.2, 0) is 18.4 Å². The average molecular weight is 195 g/mol. The molecule has 0 fully saturated rings. The van der Waals surface area contributed by atoms with Crippen LogP contribution in [0.1, 0.15) is 19.7 Å². The van der Waals surface area contributed by atoms with Crippen LogP contribution in [0.4, 0.5) is 0 Å². The van der Waals surface area contributed by atoms with Crippen LogP contribution in [0.3, 0.4) is 0 Å². The van der Waals surface area contributed by atoms with Crippen LogP contribution < -0.4 is 0 Å². The summed E-state index contributed by atoms with van der Waals surface area (Å²) in [6.07, 6.45) is 3.62. The van der Waals surface area contributed by atoms with Crippen molar-refractivity contribution in [1.29, 1.82) is 0 Å². The summed E-state index contributed by atoms with van der Waals surface area (Å²) in [5.74, 6) is 1.09. The zero-order chi connectivity index (χ0) is 10.7. The minimum atomic E-state index is 0.0419. The number of rotatable bonds is 3. The van der Waals surface area contributed by atoms with E-state index in [1.807, 2.05) is 31.7 Å². The van der Waals surface area contributed by atoms with Crippen LogP contribution in [0.25, 0.3) is 0 Å². The highest BCUT2D eigenvalue weighted by Gasteiger charge is 2.14. The molecule has 1 aromatic heterocycles. The highest BCUT2D eigenvalue weighted by Crippen LogP contribution is 2.04. The van der Waals surface area contributed by atoms with Gasteiger partial charge in [0.25, 0.3) is 0 Å². The molecule has 4 nitrogen and oxygen atoms in total. The quantitative estimate of drug-likeness (QED) is 0.722. The van der Waals surface area contributed by atoms with Gasteiger partial charge in [0.15, 0.2) is 0 Å². The molecule has 0 unspecified atom stereocenters. The lowest BCUT2D eigenvalue weighted by atomic mass is 10.2. The summed E-state index contributed by atoms with van der Waals surface area (Å²) in [5, 5.41) is 0. The Labute approximate surface area is 84.5 Å². The maximum absolute atomic E-state index is 11.6. The van der Waals surface area contributed by atoms with E-state index in [9.17, 15) is 4.79 Å². The van der Waals surface area contributed by atoms with Gasteiger partial charge in [-0.2, -0.15) is 0 Å². The van der Waals surface area contributed by atoms with Crippen molar-refractivity contribution in [3.8, 4) is 0 Å². The van der Waals surface area contributed by atoms with Gasteiger partial charge in [-0.3, -0.25) is 4.79 Å². The lowest BCUT2D eigenvalue weighted by Crippen LogP contribution is -2.30. The van der Waals surface area contributed by atoms with Crippen LogP contribution in [0.2, 0.25) is 0 Å². The van der Waals surface area contributed by atoms with Gasteiger partial charge in [0.2, 0.25) is 5.91 Å². The Bertz CT molecular complexity index is 317. The summed E-state index contributed by atoms with van der Waals surface area (Å²) >= 11 is 0. The van der Waals surface area contributed by atoms with Gasteiger partial charge in [-0.15, -0.1) is 0 Å². The van der Waals surface area contributed by atoms with Gasteiger partial charge >= 0.3 is 0 Å². The lowest BCUT2D eigenvalue weighted by molar-refractivity contribution is -0.133. The highest BCUT2D eigenvalue weighted by molar-refractivity contribution is 5.77. The molecule has 1 rings (SSSR count). The van der Waals surface area contributed by atoms with E-state index in [1.165, 1.54) is 0 Å². The van der Waals surface area contributed by atoms with Crippen molar-refractivity contribution in [2.24, 2.45) is 13.0 Å². The third-order valence-corrected chi connectivity index (χ3v) is 2.17. The molecule has 1 aromatic rings. The molecule has 14 heavy (non-hydrogen) atoms. The van der Waals surface area contributed by atoms with Crippen LogP contribution in [0.15, 0.2) is 12.4 Å². The van der Waals surface area contributed by atoms with Gasteiger partial charge in [-0.25, -0.2) is 4.98 Å². The summed E-state index contributed by atoms with van der Waals surface area (Å²) < 4.78 is 1.92. The number of carbonyl (C=O) groups is 1. The molecule has 0 saturated heterocycles. The lowest BCUT2D eigenvalue weighted by Gasteiger charge is -2.18. The fraction of sp³-hybridized carbons (Fsp3) is 0.600. The number of aromatic nitrogens is 2. The average Bonchev–Trinajstić information content (AvgIpc) is 2.50. The second-order valence-electron chi connectivity index (χ2n) is 3.80. The molecule has 0 radical (unpaired) electrons. The monoisotopic (exact) mass is 195 g/mol. The predicted molar refractivity (Wildman–Crippen MR) is 54.5 cm³/mol. The summed E-state index contributed by atoms with van der Waals surface area (Å²) in [7, 11) is 3.73. The molecule has 0 aliphatic heterocycles. The Kier molecular flexibility index (Phi) is 3.28. The van der Waals surface area contributed by atoms with Crippen molar-refractivity contribution >= 4 is 5.91 Å². The van der Waals surface area contributed by atoms with Gasteiger partial charge in [0.05, 0.1) is 6.54 Å². The number of amides is 1. The van der Waals surface area contributed by atoms with Crippen LogP contribution >= 0.6 is 0 Å². The maximum atomic E-state index is 11.6. The number of hydrogen-bond donors (Lipinski definition) is 0. The van der Waals surface area contributed by atoms with Gasteiger partial charge in [0.1, 0.15) is 5.82 Å². The molecule has 78 valence electrons. The predicted octanol–water partition coefficient (Wildman–Crippen LogP) is 1.03. The Morgan fingerprint density at radius 3 is 2.71 bits per heavy atom. The summed E-state index contributed by atoms with van der Waals surface area (Å²) in [5.41, 5.74) is 0. The van der Waals surface area contributed by atoms with Gasteiger partial charge in [0, 0.05) is 32.4 Å². The first kappa shape index (κ1) is 10.8. The molecule has 0 N–H and O–H groups in total. The second-order valence-corrected chi connectivity index (χ2v) is 3.80. The van der Waals surface area contributed by atoms with Crippen LogP contribution in [-0.4, -0.2) is 27.4 Å². The van der Waals surface area contributed by atoms with Crippen molar-refractivity contribution in [1.82, 2.24) is 14.5 Å². The van der Waals surface area contributed by atoms with Gasteiger partial charge in [-0.05, 0) is 0 Å². The third kappa shape index (κ3) is 2.34. The molecule has 4 heteroatoms. The highest BCUT2D eigenvalue weighted by atomic mass is 16.2. The third-order valence-electron chi connectivity index (χ3n) is 2.17. The van der Waals surface area contributed by atoms with E-state index in [4.69, 9.17) is 0 Å². The molecular formula is C10H17N3O. The summed E-state index contributed by atoms with van der Waals surface area (Å²) in [4.78, 5) is 17.4. The minimum Gasteiger partial charge on any atom is -0.338 e. The number of hydrogen-bond acceptors (Lipinski definition) is 2. The van der Waals surface area contributed by atoms with E-state index < -0.39 is 0 Å². The van der Waals surface area contributed by atoms with Crippen LogP contribution in [0.5, 0.6) is 0 Å². The topological polar surface area (TPSA) is 38.1 Å². The molecule has 0 aromatic carbocycles. The van der Waals surface area contributed by atoms with E-state index in [2.05, 4.69) is 4.98 Å². The van der Waals surface area contributed by atoms with Crippen molar-refractivity contribution in [3.05, 3.63) is 18.2 Å². The molecular weight excluding hydrogens is 178 g/mol. The van der Waals surface area contributed by atoms with Crippen molar-refractivity contribution in [2.75, 3.05) is 7.05 Å². The zero-order valence-corrected chi connectivity index (χ0v) is 9.19. The molecule has 0 aliphatic carbocycles. The number of nitrogens with zero attached hydrogens (tertiary/aromatic N) is 3. The van der Waals surface area contributed by atoms with Crippen molar-refractivity contribution in [2.45, 2.75) is 20.4 Å². The minimum absolute atomic E-state index is 0.0419. The second kappa shape index (κ2) is 4.26. The zero-order valence-electron chi connectivity index (χ0n) is 9.19. The van der Waals surface area contributed by atoms with E-state index in [-0.39, 0.29) is 11.8 Å². The molecule has 0 spiro atoms. The first-order chi connectivity index (χ1) is 6.52. The van der Waals surface area contributed by atoms with Gasteiger partial charge < -0.3 is 9.47 Å². The first-order valence-electron chi connectivity index (χ1n) is 4.73. The SMILES string of the molecule is CC(C)C(=O)N(C)Cc1nccn1C. The normalized spacial score (nSPS) is 10.6. The Hall–Kier alpha value is -1.32.